The molecule has 0 aliphatic rings. The Hall–Kier alpha value is 0.407. The van der Waals surface area contributed by atoms with Crippen molar-refractivity contribution in [3.63, 3.8) is 0 Å². The normalized spacial score (nSPS) is 12.0. The molecule has 0 aromatic carbocycles. The van der Waals surface area contributed by atoms with Gasteiger partial charge in [-0.2, -0.15) is 12.6 Å². The summed E-state index contributed by atoms with van der Waals surface area (Å²) in [5.74, 6) is 0.868. The van der Waals surface area contributed by atoms with E-state index in [1.54, 1.807) is 21.3 Å². The summed E-state index contributed by atoms with van der Waals surface area (Å²) in [6, 6.07) is 0.789. The molecule has 0 amide bonds. The van der Waals surface area contributed by atoms with Crippen molar-refractivity contribution < 1.29 is 18.0 Å². The molecule has 0 saturated carbocycles. The third-order valence-electron chi connectivity index (χ3n) is 2.15. The van der Waals surface area contributed by atoms with Crippen LogP contribution in [0.25, 0.3) is 0 Å². The van der Waals surface area contributed by atoms with E-state index in [1.807, 2.05) is 0 Å². The van der Waals surface area contributed by atoms with Gasteiger partial charge in [0.05, 0.1) is 0 Å². The van der Waals surface area contributed by atoms with Gasteiger partial charge in [-0.1, -0.05) is 0 Å². The zero-order chi connectivity index (χ0) is 11.6. The molecule has 0 aliphatic carbocycles. The molecular weight excluding hydrogens is 232 g/mol. The first-order valence-electron chi connectivity index (χ1n) is 5.08. The van der Waals surface area contributed by atoms with E-state index in [0.717, 1.165) is 37.9 Å². The van der Waals surface area contributed by atoms with Crippen LogP contribution >= 0.6 is 12.6 Å². The van der Waals surface area contributed by atoms with Crippen LogP contribution in [0, 0.1) is 0 Å². The van der Waals surface area contributed by atoms with E-state index in [2.05, 4.69) is 12.6 Å². The molecule has 0 heterocycles. The molecule has 6 heteroatoms. The second-order valence-electron chi connectivity index (χ2n) is 3.09. The van der Waals surface area contributed by atoms with Gasteiger partial charge in [-0.05, 0) is 18.6 Å². The minimum atomic E-state index is -2.38. The Morgan fingerprint density at radius 2 is 1.47 bits per heavy atom. The Balaban J connectivity index is 3.54. The summed E-state index contributed by atoms with van der Waals surface area (Å²) in [6.45, 7) is 1.49. The van der Waals surface area contributed by atoms with Crippen LogP contribution in [0.2, 0.25) is 6.04 Å². The van der Waals surface area contributed by atoms with Gasteiger partial charge in [-0.3, -0.25) is 0 Å². The van der Waals surface area contributed by atoms with E-state index in [9.17, 15) is 0 Å². The lowest BCUT2D eigenvalue weighted by Gasteiger charge is -2.24. The van der Waals surface area contributed by atoms with Crippen molar-refractivity contribution in [3.8, 4) is 0 Å². The number of ether oxygens (including phenoxy) is 1. The molecule has 0 N–H and O–H groups in total. The zero-order valence-electron chi connectivity index (χ0n) is 9.82. The summed E-state index contributed by atoms with van der Waals surface area (Å²) in [4.78, 5) is 0. The van der Waals surface area contributed by atoms with Gasteiger partial charge >= 0.3 is 8.80 Å². The molecule has 92 valence electrons. The Morgan fingerprint density at radius 3 is 1.93 bits per heavy atom. The van der Waals surface area contributed by atoms with E-state index < -0.39 is 8.80 Å². The second-order valence-corrected chi connectivity index (χ2v) is 6.63. The Labute approximate surface area is 99.0 Å². The first kappa shape index (κ1) is 15.4. The lowest BCUT2D eigenvalue weighted by molar-refractivity contribution is 0.108. The van der Waals surface area contributed by atoms with Crippen molar-refractivity contribution in [2.75, 3.05) is 40.3 Å². The zero-order valence-corrected chi connectivity index (χ0v) is 11.7. The Bertz CT molecular complexity index is 136. The summed E-state index contributed by atoms with van der Waals surface area (Å²) in [6.07, 6.45) is 1.89. The summed E-state index contributed by atoms with van der Waals surface area (Å²) in [5, 5.41) is 0. The van der Waals surface area contributed by atoms with Gasteiger partial charge in [0, 0.05) is 40.6 Å². The van der Waals surface area contributed by atoms with Gasteiger partial charge in [-0.25, -0.2) is 0 Å². The molecule has 0 rings (SSSR count). The lowest BCUT2D eigenvalue weighted by Crippen LogP contribution is -2.42. The van der Waals surface area contributed by atoms with Gasteiger partial charge in [0.2, 0.25) is 0 Å². The van der Waals surface area contributed by atoms with Crippen molar-refractivity contribution in [2.24, 2.45) is 0 Å². The van der Waals surface area contributed by atoms with E-state index in [4.69, 9.17) is 18.0 Å². The van der Waals surface area contributed by atoms with Gasteiger partial charge in [0.25, 0.3) is 0 Å². The Kier molecular flexibility index (Phi) is 9.88. The van der Waals surface area contributed by atoms with Crippen LogP contribution in [0.5, 0.6) is 0 Å². The van der Waals surface area contributed by atoms with Crippen LogP contribution in [0.4, 0.5) is 0 Å². The molecule has 0 aromatic rings. The van der Waals surface area contributed by atoms with Gasteiger partial charge in [0.1, 0.15) is 0 Å². The fourth-order valence-corrected chi connectivity index (χ4v) is 3.03. The maximum Gasteiger partial charge on any atom is 0.500 e. The molecule has 4 nitrogen and oxygen atoms in total. The fourth-order valence-electron chi connectivity index (χ4n) is 1.22. The first-order valence-corrected chi connectivity index (χ1v) is 7.65. The third kappa shape index (κ3) is 6.55. The first-order chi connectivity index (χ1) is 7.24. The fraction of sp³-hybridized carbons (Fsp3) is 1.00. The number of hydrogen-bond donors (Lipinski definition) is 1. The lowest BCUT2D eigenvalue weighted by atomic mass is 10.5. The van der Waals surface area contributed by atoms with E-state index >= 15 is 0 Å². The Morgan fingerprint density at radius 1 is 0.933 bits per heavy atom. The maximum absolute atomic E-state index is 5.41. The largest absolute Gasteiger partial charge is 0.500 e. The van der Waals surface area contributed by atoms with Crippen LogP contribution in [0.3, 0.4) is 0 Å². The summed E-state index contributed by atoms with van der Waals surface area (Å²) in [7, 11) is 2.50. The van der Waals surface area contributed by atoms with Crippen LogP contribution in [-0.4, -0.2) is 49.1 Å². The molecule has 0 aromatic heterocycles. The predicted molar refractivity (Wildman–Crippen MR) is 65.5 cm³/mol. The minimum absolute atomic E-state index is 0.721. The SMILES string of the molecule is CO[Si](CCCOCCCS)(OC)OC. The van der Waals surface area contributed by atoms with Gasteiger partial charge < -0.3 is 18.0 Å². The summed E-state index contributed by atoms with van der Waals surface area (Å²) in [5.41, 5.74) is 0. The molecule has 15 heavy (non-hydrogen) atoms. The number of thiol groups is 1. The van der Waals surface area contributed by atoms with E-state index in [0.29, 0.717) is 0 Å². The molecule has 0 saturated heterocycles. The van der Waals surface area contributed by atoms with Crippen molar-refractivity contribution in [2.45, 2.75) is 18.9 Å². The molecule has 0 aliphatic heterocycles. The molecule has 0 fully saturated rings. The van der Waals surface area contributed by atoms with Crippen molar-refractivity contribution in [3.05, 3.63) is 0 Å². The quantitative estimate of drug-likeness (QED) is 0.365. The highest BCUT2D eigenvalue weighted by molar-refractivity contribution is 7.80. The highest BCUT2D eigenvalue weighted by Crippen LogP contribution is 2.14. The summed E-state index contributed by atoms with van der Waals surface area (Å²) < 4.78 is 21.3. The van der Waals surface area contributed by atoms with E-state index in [-0.39, 0.29) is 0 Å². The van der Waals surface area contributed by atoms with Gasteiger partial charge in [-0.15, -0.1) is 0 Å². The highest BCUT2D eigenvalue weighted by Gasteiger charge is 2.36. The van der Waals surface area contributed by atoms with Crippen LogP contribution in [0.15, 0.2) is 0 Å². The third-order valence-corrected chi connectivity index (χ3v) is 5.30. The standard InChI is InChI=1S/C9H22O4SSi/c1-10-15(11-2,12-3)9-5-7-13-6-4-8-14/h14H,4-9H2,1-3H3. The topological polar surface area (TPSA) is 36.9 Å². The van der Waals surface area contributed by atoms with Crippen LogP contribution < -0.4 is 0 Å². The van der Waals surface area contributed by atoms with Crippen LogP contribution in [-0.2, 0) is 18.0 Å². The maximum atomic E-state index is 5.41. The van der Waals surface area contributed by atoms with Crippen LogP contribution in [0.1, 0.15) is 12.8 Å². The smallest absolute Gasteiger partial charge is 0.381 e. The number of rotatable bonds is 10. The minimum Gasteiger partial charge on any atom is -0.381 e. The monoisotopic (exact) mass is 254 g/mol. The molecule has 0 spiro atoms. The summed E-state index contributed by atoms with van der Waals surface area (Å²) >= 11 is 4.10. The molecule has 0 unspecified atom stereocenters. The van der Waals surface area contributed by atoms with Crippen molar-refractivity contribution in [1.82, 2.24) is 0 Å². The van der Waals surface area contributed by atoms with Gasteiger partial charge in [0.15, 0.2) is 0 Å². The van der Waals surface area contributed by atoms with Crippen molar-refractivity contribution in [1.29, 1.82) is 0 Å². The second kappa shape index (κ2) is 9.62. The average molecular weight is 254 g/mol. The highest BCUT2D eigenvalue weighted by atomic mass is 32.1. The molecule has 0 radical (unpaired) electrons. The average Bonchev–Trinajstić information content (AvgIpc) is 2.29. The number of hydrogen-bond acceptors (Lipinski definition) is 5. The molecular formula is C9H22O4SSi. The molecule has 0 bridgehead atoms. The molecule has 0 atom stereocenters. The van der Waals surface area contributed by atoms with Crippen molar-refractivity contribution >= 4 is 21.4 Å². The van der Waals surface area contributed by atoms with E-state index in [1.165, 1.54) is 0 Å². The predicted octanol–water partition coefficient (Wildman–Crippen LogP) is 1.59.